The van der Waals surface area contributed by atoms with Crippen LogP contribution in [0, 0.1) is 0 Å². The predicted octanol–water partition coefficient (Wildman–Crippen LogP) is 0.590. The van der Waals surface area contributed by atoms with E-state index in [4.69, 9.17) is 11.6 Å². The van der Waals surface area contributed by atoms with Crippen molar-refractivity contribution in [3.63, 3.8) is 0 Å². The van der Waals surface area contributed by atoms with E-state index in [0.29, 0.717) is 13.1 Å². The maximum Gasteiger partial charge on any atom is 0.324 e. The van der Waals surface area contributed by atoms with Gasteiger partial charge in [0.05, 0.1) is 4.90 Å². The minimum Gasteiger partial charge on any atom is -0.222 e. The molecule has 0 amide bonds. The fourth-order valence-electron chi connectivity index (χ4n) is 2.34. The lowest BCUT2D eigenvalue weighted by Crippen LogP contribution is -2.33. The van der Waals surface area contributed by atoms with Gasteiger partial charge in [-0.2, -0.15) is 12.7 Å². The van der Waals surface area contributed by atoms with Crippen molar-refractivity contribution in [1.82, 2.24) is 18.7 Å². The van der Waals surface area contributed by atoms with E-state index in [1.165, 1.54) is 22.5 Å². The van der Waals surface area contributed by atoms with E-state index in [0.717, 1.165) is 16.9 Å². The Morgan fingerprint density at radius 1 is 1.14 bits per heavy atom. The van der Waals surface area contributed by atoms with Gasteiger partial charge in [0.1, 0.15) is 16.2 Å². The van der Waals surface area contributed by atoms with E-state index in [1.807, 2.05) is 0 Å². The first-order chi connectivity index (χ1) is 10.4. The summed E-state index contributed by atoms with van der Waals surface area (Å²) in [6.45, 7) is 0.894. The Kier molecular flexibility index (Phi) is 3.87. The molecule has 22 heavy (non-hydrogen) atoms. The Hall–Kier alpha value is -1.23. The van der Waals surface area contributed by atoms with Crippen LogP contribution in [0.4, 0.5) is 0 Å². The quantitative estimate of drug-likeness (QED) is 0.736. The van der Waals surface area contributed by atoms with Gasteiger partial charge in [-0.15, -0.1) is 20.8 Å². The SMILES string of the molecule is O=S(=O)(CCl)c1ccc2c(c1)nnn2S(=O)(=O)N1CCCC1. The normalized spacial score (nSPS) is 17.3. The van der Waals surface area contributed by atoms with Crippen LogP contribution >= 0.6 is 11.6 Å². The fourth-order valence-corrected chi connectivity index (χ4v) is 4.88. The third kappa shape index (κ3) is 2.49. The molecule has 1 aromatic heterocycles. The number of aromatic nitrogens is 3. The Balaban J connectivity index is 2.10. The highest BCUT2D eigenvalue weighted by Crippen LogP contribution is 2.22. The van der Waals surface area contributed by atoms with E-state index >= 15 is 0 Å². The Labute approximate surface area is 132 Å². The first-order valence-electron chi connectivity index (χ1n) is 6.51. The number of hydrogen-bond donors (Lipinski definition) is 0. The van der Waals surface area contributed by atoms with Crippen LogP contribution in [0.5, 0.6) is 0 Å². The standard InChI is InChI=1S/C11H13ClN4O4S2/c12-8-21(17,18)9-3-4-11-10(7-9)13-14-16(11)22(19,20)15-5-1-2-6-15/h3-4,7H,1-2,5-6,8H2. The van der Waals surface area contributed by atoms with Crippen LogP contribution in [-0.4, -0.2) is 53.8 Å². The molecule has 1 saturated heterocycles. The van der Waals surface area contributed by atoms with Crippen molar-refractivity contribution >= 4 is 42.7 Å². The molecule has 11 heteroatoms. The number of halogens is 1. The molecule has 0 spiro atoms. The summed E-state index contributed by atoms with van der Waals surface area (Å²) >= 11 is 5.41. The highest BCUT2D eigenvalue weighted by molar-refractivity contribution is 7.92. The molecular weight excluding hydrogens is 352 g/mol. The lowest BCUT2D eigenvalue weighted by atomic mass is 10.3. The number of fused-ring (bicyclic) bond motifs is 1. The van der Waals surface area contributed by atoms with Crippen molar-refractivity contribution in [3.8, 4) is 0 Å². The van der Waals surface area contributed by atoms with Crippen molar-refractivity contribution in [3.05, 3.63) is 18.2 Å². The van der Waals surface area contributed by atoms with E-state index in [9.17, 15) is 16.8 Å². The summed E-state index contributed by atoms with van der Waals surface area (Å²) in [6.07, 6.45) is 1.62. The molecule has 3 rings (SSSR count). The number of nitrogens with zero attached hydrogens (tertiary/aromatic N) is 4. The second-order valence-electron chi connectivity index (χ2n) is 4.92. The molecule has 0 atom stereocenters. The highest BCUT2D eigenvalue weighted by Gasteiger charge is 2.29. The number of benzene rings is 1. The van der Waals surface area contributed by atoms with Crippen LogP contribution in [0.3, 0.4) is 0 Å². The average Bonchev–Trinajstić information content (AvgIpc) is 3.16. The first kappa shape index (κ1) is 15.7. The molecule has 0 unspecified atom stereocenters. The largest absolute Gasteiger partial charge is 0.324 e. The summed E-state index contributed by atoms with van der Waals surface area (Å²) in [5.74, 6) is 0. The number of sulfone groups is 1. The van der Waals surface area contributed by atoms with E-state index in [2.05, 4.69) is 10.3 Å². The molecule has 1 aliphatic heterocycles. The van der Waals surface area contributed by atoms with Gasteiger partial charge >= 0.3 is 10.2 Å². The van der Waals surface area contributed by atoms with Gasteiger partial charge in [-0.3, -0.25) is 0 Å². The summed E-state index contributed by atoms with van der Waals surface area (Å²) in [5, 5.41) is 6.88. The van der Waals surface area contributed by atoms with Gasteiger partial charge in [0, 0.05) is 13.1 Å². The predicted molar refractivity (Wildman–Crippen MR) is 80.6 cm³/mol. The van der Waals surface area contributed by atoms with Crippen molar-refractivity contribution < 1.29 is 16.8 Å². The van der Waals surface area contributed by atoms with Gasteiger partial charge < -0.3 is 0 Å². The highest BCUT2D eigenvalue weighted by atomic mass is 35.5. The monoisotopic (exact) mass is 364 g/mol. The van der Waals surface area contributed by atoms with Crippen LogP contribution in [0.25, 0.3) is 11.0 Å². The summed E-state index contributed by atoms with van der Waals surface area (Å²) in [6, 6.07) is 3.96. The Bertz CT molecular complexity index is 917. The summed E-state index contributed by atoms with van der Waals surface area (Å²) < 4.78 is 50.7. The molecule has 2 aromatic rings. The van der Waals surface area contributed by atoms with Crippen LogP contribution in [0.2, 0.25) is 0 Å². The van der Waals surface area contributed by atoms with Crippen LogP contribution < -0.4 is 0 Å². The fraction of sp³-hybridized carbons (Fsp3) is 0.455. The van der Waals surface area contributed by atoms with Crippen molar-refractivity contribution in [2.75, 3.05) is 18.3 Å². The minimum atomic E-state index is -3.77. The van der Waals surface area contributed by atoms with Crippen LogP contribution in [0.15, 0.2) is 23.1 Å². The zero-order valence-corrected chi connectivity index (χ0v) is 13.8. The summed E-state index contributed by atoms with van der Waals surface area (Å²) in [7, 11) is -7.38. The third-order valence-corrected chi connectivity index (χ3v) is 7.35. The Morgan fingerprint density at radius 2 is 1.82 bits per heavy atom. The molecule has 0 aliphatic carbocycles. The smallest absolute Gasteiger partial charge is 0.222 e. The lowest BCUT2D eigenvalue weighted by molar-refractivity contribution is 0.463. The van der Waals surface area contributed by atoms with Gasteiger partial charge in [-0.1, -0.05) is 0 Å². The molecule has 8 nitrogen and oxygen atoms in total. The maximum absolute atomic E-state index is 12.5. The second kappa shape index (κ2) is 5.44. The molecule has 0 bridgehead atoms. The van der Waals surface area contributed by atoms with Crippen molar-refractivity contribution in [2.45, 2.75) is 17.7 Å². The molecular formula is C11H13ClN4O4S2. The van der Waals surface area contributed by atoms with E-state index in [-0.39, 0.29) is 15.9 Å². The second-order valence-corrected chi connectivity index (χ2v) is 9.25. The van der Waals surface area contributed by atoms with Gasteiger partial charge in [0.15, 0.2) is 9.84 Å². The van der Waals surface area contributed by atoms with Gasteiger partial charge in [-0.25, -0.2) is 8.42 Å². The molecule has 0 radical (unpaired) electrons. The molecule has 1 aliphatic rings. The molecule has 2 heterocycles. The van der Waals surface area contributed by atoms with Crippen LogP contribution in [0.1, 0.15) is 12.8 Å². The van der Waals surface area contributed by atoms with E-state index < -0.39 is 25.3 Å². The molecule has 1 fully saturated rings. The third-order valence-electron chi connectivity index (χ3n) is 3.50. The number of hydrogen-bond acceptors (Lipinski definition) is 6. The zero-order valence-electron chi connectivity index (χ0n) is 11.4. The zero-order chi connectivity index (χ0) is 16.0. The van der Waals surface area contributed by atoms with Gasteiger partial charge in [0.2, 0.25) is 0 Å². The van der Waals surface area contributed by atoms with Gasteiger partial charge in [0.25, 0.3) is 0 Å². The average molecular weight is 365 g/mol. The first-order valence-corrected chi connectivity index (χ1v) is 10.1. The lowest BCUT2D eigenvalue weighted by Gasteiger charge is -2.14. The molecule has 120 valence electrons. The molecule has 0 N–H and O–H groups in total. The topological polar surface area (TPSA) is 102 Å². The Morgan fingerprint density at radius 3 is 2.45 bits per heavy atom. The maximum atomic E-state index is 12.5. The van der Waals surface area contributed by atoms with Gasteiger partial charge in [-0.05, 0) is 36.3 Å². The molecule has 0 saturated carbocycles. The van der Waals surface area contributed by atoms with Crippen molar-refractivity contribution in [2.24, 2.45) is 0 Å². The minimum absolute atomic E-state index is 0.0133. The number of alkyl halides is 1. The molecule has 1 aromatic carbocycles. The van der Waals surface area contributed by atoms with Crippen LogP contribution in [-0.2, 0) is 20.0 Å². The summed E-state index contributed by atoms with van der Waals surface area (Å²) in [5.41, 5.74) is 0.425. The number of rotatable bonds is 4. The van der Waals surface area contributed by atoms with Crippen molar-refractivity contribution in [1.29, 1.82) is 0 Å². The summed E-state index contributed by atoms with van der Waals surface area (Å²) in [4.78, 5) is -0.0133. The van der Waals surface area contributed by atoms with E-state index in [1.54, 1.807) is 0 Å².